The summed E-state index contributed by atoms with van der Waals surface area (Å²) in [7, 11) is 0. The Morgan fingerprint density at radius 2 is 2.20 bits per heavy atom. The molecule has 3 aromatic rings. The van der Waals surface area contributed by atoms with Gasteiger partial charge >= 0.3 is 0 Å². The summed E-state index contributed by atoms with van der Waals surface area (Å²) in [5, 5.41) is 22.4. The lowest BCUT2D eigenvalue weighted by Crippen LogP contribution is -2.32. The van der Waals surface area contributed by atoms with Crippen LogP contribution >= 0.6 is 0 Å². The summed E-state index contributed by atoms with van der Waals surface area (Å²) in [6.07, 6.45) is 6.82. The SMILES string of the molecule is Cc1ncc2c(c1C#N)CCN(c1cc(C3CC3)nn3cnnc13)C2. The lowest BCUT2D eigenvalue weighted by Gasteiger charge is -2.31. The van der Waals surface area contributed by atoms with Crippen molar-refractivity contribution in [2.75, 3.05) is 11.4 Å². The van der Waals surface area contributed by atoms with Crippen molar-refractivity contribution < 1.29 is 0 Å². The number of fused-ring (bicyclic) bond motifs is 2. The van der Waals surface area contributed by atoms with Crippen LogP contribution in [0.1, 0.15) is 46.8 Å². The van der Waals surface area contributed by atoms with Gasteiger partial charge in [-0.3, -0.25) is 4.98 Å². The zero-order chi connectivity index (χ0) is 17.0. The molecule has 7 heteroatoms. The highest BCUT2D eigenvalue weighted by Gasteiger charge is 2.29. The second-order valence-corrected chi connectivity index (χ2v) is 6.83. The van der Waals surface area contributed by atoms with Gasteiger partial charge in [0.15, 0.2) is 0 Å². The van der Waals surface area contributed by atoms with Crippen LogP contribution in [0, 0.1) is 18.3 Å². The molecular formula is C18H17N7. The minimum absolute atomic E-state index is 0.567. The molecule has 0 N–H and O–H groups in total. The average molecular weight is 331 g/mol. The van der Waals surface area contributed by atoms with E-state index in [0.717, 1.165) is 58.9 Å². The molecule has 1 aliphatic carbocycles. The van der Waals surface area contributed by atoms with Crippen molar-refractivity contribution in [3.63, 3.8) is 0 Å². The number of pyridine rings is 1. The van der Waals surface area contributed by atoms with Crippen LogP contribution in [0.15, 0.2) is 18.6 Å². The van der Waals surface area contributed by atoms with Gasteiger partial charge in [0.1, 0.15) is 12.4 Å². The molecule has 2 aliphatic rings. The van der Waals surface area contributed by atoms with Crippen LogP contribution in [0.2, 0.25) is 0 Å². The lowest BCUT2D eigenvalue weighted by molar-refractivity contribution is 0.718. The zero-order valence-corrected chi connectivity index (χ0v) is 14.0. The maximum atomic E-state index is 9.44. The van der Waals surface area contributed by atoms with Crippen molar-refractivity contribution in [2.45, 2.75) is 38.6 Å². The van der Waals surface area contributed by atoms with E-state index in [2.05, 4.69) is 37.3 Å². The first-order valence-electron chi connectivity index (χ1n) is 8.58. The maximum Gasteiger partial charge on any atom is 0.200 e. The highest BCUT2D eigenvalue weighted by atomic mass is 15.4. The van der Waals surface area contributed by atoms with Crippen LogP contribution in [0.4, 0.5) is 5.69 Å². The number of aromatic nitrogens is 5. The standard InChI is InChI=1S/C18H17N7/c1-11-15(7-19)14-4-5-24(9-13(14)8-20-11)17-6-16(12-2-3-12)23-25-10-21-22-18(17)25/h6,8,10,12H,2-5,9H2,1H3. The minimum atomic E-state index is 0.567. The summed E-state index contributed by atoms with van der Waals surface area (Å²) < 4.78 is 1.78. The first kappa shape index (κ1) is 14.3. The fourth-order valence-corrected chi connectivity index (χ4v) is 3.64. The molecule has 1 fully saturated rings. The van der Waals surface area contributed by atoms with Crippen LogP contribution in [-0.4, -0.2) is 31.3 Å². The summed E-state index contributed by atoms with van der Waals surface area (Å²) >= 11 is 0. The van der Waals surface area contributed by atoms with E-state index in [9.17, 15) is 5.26 Å². The Morgan fingerprint density at radius 3 is 3.00 bits per heavy atom. The summed E-state index contributed by atoms with van der Waals surface area (Å²) in [5.74, 6) is 0.567. The fourth-order valence-electron chi connectivity index (χ4n) is 3.64. The molecule has 0 amide bonds. The van der Waals surface area contributed by atoms with E-state index in [1.165, 1.54) is 12.8 Å². The zero-order valence-electron chi connectivity index (χ0n) is 14.0. The van der Waals surface area contributed by atoms with Crippen molar-refractivity contribution in [2.24, 2.45) is 0 Å². The van der Waals surface area contributed by atoms with Crippen LogP contribution in [0.25, 0.3) is 5.65 Å². The van der Waals surface area contributed by atoms with Gasteiger partial charge < -0.3 is 4.90 Å². The number of rotatable bonds is 2. The number of anilines is 1. The molecule has 5 rings (SSSR count). The Labute approximate surface area is 144 Å². The van der Waals surface area contributed by atoms with Crippen LogP contribution in [0.5, 0.6) is 0 Å². The maximum absolute atomic E-state index is 9.44. The third-order valence-electron chi connectivity index (χ3n) is 5.17. The van der Waals surface area contributed by atoms with E-state index >= 15 is 0 Å². The topological polar surface area (TPSA) is 83.0 Å². The van der Waals surface area contributed by atoms with E-state index < -0.39 is 0 Å². The molecule has 0 bridgehead atoms. The molecule has 0 aromatic carbocycles. The van der Waals surface area contributed by atoms with Gasteiger partial charge in [-0.1, -0.05) is 0 Å². The molecule has 1 aliphatic heterocycles. The minimum Gasteiger partial charge on any atom is -0.364 e. The molecule has 0 radical (unpaired) electrons. The van der Waals surface area contributed by atoms with Gasteiger partial charge in [0.25, 0.3) is 0 Å². The van der Waals surface area contributed by atoms with Gasteiger partial charge in [-0.2, -0.15) is 14.9 Å². The first-order valence-corrected chi connectivity index (χ1v) is 8.58. The van der Waals surface area contributed by atoms with Gasteiger partial charge in [-0.25, -0.2) is 0 Å². The molecular weight excluding hydrogens is 314 g/mol. The molecule has 4 heterocycles. The van der Waals surface area contributed by atoms with Crippen molar-refractivity contribution in [1.82, 2.24) is 24.8 Å². The molecule has 0 unspecified atom stereocenters. The Morgan fingerprint density at radius 1 is 1.32 bits per heavy atom. The average Bonchev–Trinajstić information content (AvgIpc) is 3.38. The van der Waals surface area contributed by atoms with Crippen molar-refractivity contribution in [3.05, 3.63) is 46.7 Å². The van der Waals surface area contributed by atoms with E-state index in [1.807, 2.05) is 13.1 Å². The number of hydrogen-bond donors (Lipinski definition) is 0. The Balaban J connectivity index is 1.58. The molecule has 1 saturated carbocycles. The predicted molar refractivity (Wildman–Crippen MR) is 91.2 cm³/mol. The largest absolute Gasteiger partial charge is 0.364 e. The van der Waals surface area contributed by atoms with Crippen LogP contribution in [-0.2, 0) is 13.0 Å². The predicted octanol–water partition coefficient (Wildman–Crippen LogP) is 2.14. The third-order valence-corrected chi connectivity index (χ3v) is 5.17. The van der Waals surface area contributed by atoms with Gasteiger partial charge in [0.05, 0.1) is 22.6 Å². The van der Waals surface area contributed by atoms with E-state index in [0.29, 0.717) is 5.92 Å². The van der Waals surface area contributed by atoms with Crippen molar-refractivity contribution >= 4 is 11.3 Å². The molecule has 0 spiro atoms. The number of nitrogens with zero attached hydrogens (tertiary/aromatic N) is 7. The second-order valence-electron chi connectivity index (χ2n) is 6.83. The van der Waals surface area contributed by atoms with Crippen LogP contribution < -0.4 is 4.90 Å². The van der Waals surface area contributed by atoms with E-state index in [4.69, 9.17) is 0 Å². The Hall–Kier alpha value is -3.01. The number of nitriles is 1. The van der Waals surface area contributed by atoms with Gasteiger partial charge in [0.2, 0.25) is 5.65 Å². The lowest BCUT2D eigenvalue weighted by atomic mass is 9.95. The Bertz CT molecular complexity index is 1030. The van der Waals surface area contributed by atoms with Crippen molar-refractivity contribution in [1.29, 1.82) is 5.26 Å². The van der Waals surface area contributed by atoms with Crippen molar-refractivity contribution in [3.8, 4) is 6.07 Å². The summed E-state index contributed by atoms with van der Waals surface area (Å²) in [5.41, 5.74) is 6.78. The summed E-state index contributed by atoms with van der Waals surface area (Å²) in [6, 6.07) is 4.48. The molecule has 25 heavy (non-hydrogen) atoms. The fraction of sp³-hybridized carbons (Fsp3) is 0.389. The van der Waals surface area contributed by atoms with Gasteiger partial charge in [0, 0.05) is 25.2 Å². The van der Waals surface area contributed by atoms with E-state index in [-0.39, 0.29) is 0 Å². The number of hydrogen-bond acceptors (Lipinski definition) is 6. The first-order chi connectivity index (χ1) is 12.2. The second kappa shape index (κ2) is 5.24. The van der Waals surface area contributed by atoms with Gasteiger partial charge in [-0.05, 0) is 43.4 Å². The highest BCUT2D eigenvalue weighted by molar-refractivity contribution is 5.69. The summed E-state index contributed by atoms with van der Waals surface area (Å²) in [6.45, 7) is 3.48. The normalized spacial score (nSPS) is 16.7. The molecule has 0 atom stereocenters. The molecule has 7 nitrogen and oxygen atoms in total. The monoisotopic (exact) mass is 331 g/mol. The van der Waals surface area contributed by atoms with Crippen LogP contribution in [0.3, 0.4) is 0 Å². The molecule has 124 valence electrons. The number of aryl methyl sites for hydroxylation is 1. The van der Waals surface area contributed by atoms with E-state index in [1.54, 1.807) is 10.8 Å². The summed E-state index contributed by atoms with van der Waals surface area (Å²) in [4.78, 5) is 6.71. The Kier molecular flexibility index (Phi) is 3.01. The molecule has 3 aromatic heterocycles. The highest BCUT2D eigenvalue weighted by Crippen LogP contribution is 2.40. The van der Waals surface area contributed by atoms with Gasteiger partial charge in [-0.15, -0.1) is 10.2 Å². The smallest absolute Gasteiger partial charge is 0.200 e. The molecule has 0 saturated heterocycles. The quantitative estimate of drug-likeness (QED) is 0.715. The third kappa shape index (κ3) is 2.25.